The first-order valence-corrected chi connectivity index (χ1v) is 4.19. The summed E-state index contributed by atoms with van der Waals surface area (Å²) in [4.78, 5) is 20.6. The third-order valence-electron chi connectivity index (χ3n) is 1.67. The minimum atomic E-state index is -0.570. The van der Waals surface area contributed by atoms with E-state index in [1.165, 1.54) is 0 Å². The molecule has 5 nitrogen and oxygen atoms in total. The van der Waals surface area contributed by atoms with E-state index in [0.717, 1.165) is 12.8 Å². The number of carbonyl (C=O) groups is 2. The lowest BCUT2D eigenvalue weighted by molar-refractivity contribution is -0.191. The van der Waals surface area contributed by atoms with Gasteiger partial charge in [0.2, 0.25) is 6.29 Å². The Morgan fingerprint density at radius 1 is 1.54 bits per heavy atom. The Bertz CT molecular complexity index is 173. The zero-order chi connectivity index (χ0) is 9.52. The molecule has 0 N–H and O–H groups in total. The molecule has 0 bridgehead atoms. The molecule has 0 aromatic carbocycles. The quantitative estimate of drug-likeness (QED) is 0.466. The van der Waals surface area contributed by atoms with Crippen LogP contribution in [0.2, 0.25) is 0 Å². The van der Waals surface area contributed by atoms with Crippen LogP contribution in [0.3, 0.4) is 0 Å². The van der Waals surface area contributed by atoms with Crippen LogP contribution in [0.25, 0.3) is 0 Å². The highest BCUT2D eigenvalue weighted by Gasteiger charge is 2.17. The molecule has 1 aliphatic heterocycles. The van der Waals surface area contributed by atoms with Crippen LogP contribution in [0.5, 0.6) is 0 Å². The molecule has 0 aliphatic carbocycles. The minimum absolute atomic E-state index is 0.211. The Balaban J connectivity index is 2.14. The van der Waals surface area contributed by atoms with Crippen molar-refractivity contribution in [2.24, 2.45) is 0 Å². The van der Waals surface area contributed by atoms with Gasteiger partial charge in [-0.2, -0.15) is 0 Å². The first kappa shape index (κ1) is 9.98. The van der Waals surface area contributed by atoms with Gasteiger partial charge in [0.15, 0.2) is 6.61 Å². The average molecular weight is 188 g/mol. The standard InChI is InChI=1S/C8H12O5/c9-6-11-5-7(10)13-8-3-1-2-4-12-8/h6,8H,1-5H2. The lowest BCUT2D eigenvalue weighted by atomic mass is 10.2. The highest BCUT2D eigenvalue weighted by Crippen LogP contribution is 2.13. The van der Waals surface area contributed by atoms with Gasteiger partial charge in [-0.25, -0.2) is 4.79 Å². The van der Waals surface area contributed by atoms with Crippen molar-refractivity contribution in [1.29, 1.82) is 0 Å². The maximum absolute atomic E-state index is 10.9. The predicted octanol–water partition coefficient (Wildman–Crippen LogP) is 0.229. The summed E-state index contributed by atoms with van der Waals surface area (Å²) in [5.41, 5.74) is 0. The van der Waals surface area contributed by atoms with Crippen LogP contribution < -0.4 is 0 Å². The number of carbonyl (C=O) groups excluding carboxylic acids is 2. The Labute approximate surface area is 76.0 Å². The zero-order valence-corrected chi connectivity index (χ0v) is 7.23. The fourth-order valence-corrected chi connectivity index (χ4v) is 1.09. The number of hydrogen-bond acceptors (Lipinski definition) is 5. The zero-order valence-electron chi connectivity index (χ0n) is 7.23. The van der Waals surface area contributed by atoms with Crippen LogP contribution in [0.15, 0.2) is 0 Å². The molecule has 0 saturated carbocycles. The predicted molar refractivity (Wildman–Crippen MR) is 41.7 cm³/mol. The summed E-state index contributed by atoms with van der Waals surface area (Å²) in [5, 5.41) is 0. The fourth-order valence-electron chi connectivity index (χ4n) is 1.09. The van der Waals surface area contributed by atoms with Crippen LogP contribution in [0.1, 0.15) is 19.3 Å². The van der Waals surface area contributed by atoms with Crippen molar-refractivity contribution in [3.63, 3.8) is 0 Å². The Morgan fingerprint density at radius 2 is 2.38 bits per heavy atom. The van der Waals surface area contributed by atoms with E-state index in [-0.39, 0.29) is 13.1 Å². The van der Waals surface area contributed by atoms with Crippen LogP contribution in [0, 0.1) is 0 Å². The van der Waals surface area contributed by atoms with Gasteiger partial charge in [-0.3, -0.25) is 4.79 Å². The average Bonchev–Trinajstić information content (AvgIpc) is 2.16. The van der Waals surface area contributed by atoms with Crippen LogP contribution in [-0.4, -0.2) is 31.9 Å². The van der Waals surface area contributed by atoms with Crippen LogP contribution >= 0.6 is 0 Å². The Morgan fingerprint density at radius 3 is 3.00 bits per heavy atom. The molecule has 1 rings (SSSR count). The van der Waals surface area contributed by atoms with Crippen molar-refractivity contribution >= 4 is 12.4 Å². The van der Waals surface area contributed by atoms with E-state index in [1.54, 1.807) is 0 Å². The molecule has 1 saturated heterocycles. The highest BCUT2D eigenvalue weighted by molar-refractivity contribution is 5.71. The van der Waals surface area contributed by atoms with Crippen molar-refractivity contribution in [1.82, 2.24) is 0 Å². The van der Waals surface area contributed by atoms with Gasteiger partial charge in [-0.15, -0.1) is 0 Å². The van der Waals surface area contributed by atoms with Crippen LogP contribution in [0.4, 0.5) is 0 Å². The summed E-state index contributed by atoms with van der Waals surface area (Å²) in [6.45, 7) is 0.485. The van der Waals surface area contributed by atoms with Crippen molar-refractivity contribution in [3.8, 4) is 0 Å². The lowest BCUT2D eigenvalue weighted by Gasteiger charge is -2.21. The second kappa shape index (κ2) is 5.53. The largest absolute Gasteiger partial charge is 0.456 e. The van der Waals surface area contributed by atoms with E-state index >= 15 is 0 Å². The number of ether oxygens (including phenoxy) is 3. The molecule has 5 heteroatoms. The molecule has 1 atom stereocenters. The highest BCUT2D eigenvalue weighted by atomic mass is 16.7. The summed E-state index contributed by atoms with van der Waals surface area (Å²) < 4.78 is 14.2. The molecule has 0 spiro atoms. The minimum Gasteiger partial charge on any atom is -0.456 e. The summed E-state index contributed by atoms with van der Waals surface area (Å²) in [5.74, 6) is -0.570. The van der Waals surface area contributed by atoms with Gasteiger partial charge in [0.25, 0.3) is 6.47 Å². The maximum atomic E-state index is 10.9. The summed E-state index contributed by atoms with van der Waals surface area (Å²) in [6.07, 6.45) is 2.24. The van der Waals surface area contributed by atoms with Gasteiger partial charge in [-0.05, 0) is 12.8 Å². The summed E-state index contributed by atoms with van der Waals surface area (Å²) >= 11 is 0. The molecule has 1 heterocycles. The summed E-state index contributed by atoms with van der Waals surface area (Å²) in [7, 11) is 0. The second-order valence-electron chi connectivity index (χ2n) is 2.69. The molecule has 1 fully saturated rings. The molecule has 13 heavy (non-hydrogen) atoms. The molecular formula is C8H12O5. The third-order valence-corrected chi connectivity index (χ3v) is 1.67. The maximum Gasteiger partial charge on any atom is 0.346 e. The molecule has 0 radical (unpaired) electrons. The third kappa shape index (κ3) is 3.89. The number of hydrogen-bond donors (Lipinski definition) is 0. The monoisotopic (exact) mass is 188 g/mol. The van der Waals surface area contributed by atoms with E-state index in [9.17, 15) is 9.59 Å². The molecule has 1 unspecified atom stereocenters. The van der Waals surface area contributed by atoms with Crippen molar-refractivity contribution in [3.05, 3.63) is 0 Å². The molecular weight excluding hydrogens is 176 g/mol. The van der Waals surface area contributed by atoms with Gasteiger partial charge in [0.05, 0.1) is 6.61 Å². The first-order chi connectivity index (χ1) is 6.33. The van der Waals surface area contributed by atoms with E-state index in [1.807, 2.05) is 0 Å². The number of rotatable bonds is 4. The van der Waals surface area contributed by atoms with E-state index < -0.39 is 12.3 Å². The Kier molecular flexibility index (Phi) is 4.25. The van der Waals surface area contributed by atoms with E-state index in [2.05, 4.69) is 4.74 Å². The fraction of sp³-hybridized carbons (Fsp3) is 0.750. The van der Waals surface area contributed by atoms with Crippen molar-refractivity contribution in [2.75, 3.05) is 13.2 Å². The van der Waals surface area contributed by atoms with Crippen molar-refractivity contribution in [2.45, 2.75) is 25.6 Å². The molecule has 0 aromatic heterocycles. The molecule has 1 aliphatic rings. The summed E-state index contributed by atoms with van der Waals surface area (Å²) in [6, 6.07) is 0. The number of esters is 1. The van der Waals surface area contributed by atoms with Gasteiger partial charge in [0.1, 0.15) is 0 Å². The van der Waals surface area contributed by atoms with Gasteiger partial charge >= 0.3 is 5.97 Å². The molecule has 74 valence electrons. The first-order valence-electron chi connectivity index (χ1n) is 4.19. The van der Waals surface area contributed by atoms with E-state index in [0.29, 0.717) is 13.0 Å². The van der Waals surface area contributed by atoms with Gasteiger partial charge in [0, 0.05) is 6.42 Å². The second-order valence-corrected chi connectivity index (χ2v) is 2.69. The Hall–Kier alpha value is -1.10. The smallest absolute Gasteiger partial charge is 0.346 e. The van der Waals surface area contributed by atoms with Gasteiger partial charge in [-0.1, -0.05) is 0 Å². The molecule has 0 amide bonds. The lowest BCUT2D eigenvalue weighted by Crippen LogP contribution is -2.27. The molecule has 0 aromatic rings. The van der Waals surface area contributed by atoms with E-state index in [4.69, 9.17) is 9.47 Å². The van der Waals surface area contributed by atoms with Crippen LogP contribution in [-0.2, 0) is 23.8 Å². The SMILES string of the molecule is O=COCC(=O)OC1CCCCO1. The van der Waals surface area contributed by atoms with Crippen molar-refractivity contribution < 1.29 is 23.8 Å². The van der Waals surface area contributed by atoms with Gasteiger partial charge < -0.3 is 14.2 Å². The normalized spacial score (nSPS) is 22.0. The topological polar surface area (TPSA) is 61.8 Å².